The van der Waals surface area contributed by atoms with Crippen LogP contribution in [0.25, 0.3) is 0 Å². The highest BCUT2D eigenvalue weighted by atomic mass is 16.5. The van der Waals surface area contributed by atoms with Gasteiger partial charge in [-0.3, -0.25) is 14.6 Å². The van der Waals surface area contributed by atoms with Crippen LogP contribution < -0.4 is 5.32 Å². The van der Waals surface area contributed by atoms with E-state index in [-0.39, 0.29) is 25.1 Å². The lowest BCUT2D eigenvalue weighted by molar-refractivity contribution is -0.139. The Labute approximate surface area is 189 Å². The molecule has 2 aliphatic rings. The van der Waals surface area contributed by atoms with Crippen LogP contribution in [0.4, 0.5) is 4.79 Å². The van der Waals surface area contributed by atoms with Gasteiger partial charge in [-0.25, -0.2) is 9.59 Å². The third-order valence-electron chi connectivity index (χ3n) is 5.94. The first-order valence-corrected chi connectivity index (χ1v) is 11.0. The van der Waals surface area contributed by atoms with Crippen LogP contribution in [0.2, 0.25) is 0 Å². The SMILES string of the molecule is C=CCN1C(=O)NC(c2ccccc2C)C(C(=O)OCC)=C1CN1CCN(C(C)=O)CC1. The second-order valence-electron chi connectivity index (χ2n) is 8.00. The van der Waals surface area contributed by atoms with Crippen LogP contribution in [-0.4, -0.2) is 78.5 Å². The topological polar surface area (TPSA) is 82.2 Å². The normalized spacial score (nSPS) is 19.6. The Kier molecular flexibility index (Phi) is 7.69. The van der Waals surface area contributed by atoms with Crippen LogP contribution in [0.5, 0.6) is 0 Å². The monoisotopic (exact) mass is 440 g/mol. The number of ether oxygens (including phenoxy) is 1. The molecular weight excluding hydrogens is 408 g/mol. The van der Waals surface area contributed by atoms with Gasteiger partial charge in [0.15, 0.2) is 0 Å². The van der Waals surface area contributed by atoms with Crippen molar-refractivity contribution < 1.29 is 19.1 Å². The van der Waals surface area contributed by atoms with Gasteiger partial charge in [-0.05, 0) is 25.0 Å². The smallest absolute Gasteiger partial charge is 0.338 e. The van der Waals surface area contributed by atoms with Crippen LogP contribution in [-0.2, 0) is 14.3 Å². The number of hydrogen-bond acceptors (Lipinski definition) is 5. The highest BCUT2D eigenvalue weighted by molar-refractivity contribution is 5.95. The van der Waals surface area contributed by atoms with Gasteiger partial charge in [0.25, 0.3) is 0 Å². The number of hydrogen-bond donors (Lipinski definition) is 1. The molecule has 0 aliphatic carbocycles. The summed E-state index contributed by atoms with van der Waals surface area (Å²) in [5.41, 5.74) is 2.90. The van der Waals surface area contributed by atoms with Gasteiger partial charge in [0.2, 0.25) is 5.91 Å². The molecule has 1 unspecified atom stereocenters. The summed E-state index contributed by atoms with van der Waals surface area (Å²) in [6.45, 7) is 12.6. The molecule has 1 atom stereocenters. The number of carbonyl (C=O) groups excluding carboxylic acids is 3. The summed E-state index contributed by atoms with van der Waals surface area (Å²) < 4.78 is 5.43. The Bertz CT molecular complexity index is 918. The summed E-state index contributed by atoms with van der Waals surface area (Å²) in [6.07, 6.45) is 1.64. The molecule has 0 bridgehead atoms. The first-order chi connectivity index (χ1) is 15.4. The van der Waals surface area contributed by atoms with Crippen LogP contribution in [0.3, 0.4) is 0 Å². The second-order valence-corrected chi connectivity index (χ2v) is 8.00. The Morgan fingerprint density at radius 3 is 2.50 bits per heavy atom. The lowest BCUT2D eigenvalue weighted by Gasteiger charge is -2.40. The standard InChI is InChI=1S/C24H32N4O4/c1-5-11-28-20(16-26-12-14-27(15-13-26)18(4)29)21(23(30)32-6-2)22(25-24(28)31)19-10-8-7-9-17(19)3/h5,7-10,22H,1,6,11-16H2,2-4H3,(H,25,31). The quantitative estimate of drug-likeness (QED) is 0.519. The van der Waals surface area contributed by atoms with Crippen molar-refractivity contribution in [2.24, 2.45) is 0 Å². The van der Waals surface area contributed by atoms with E-state index in [4.69, 9.17) is 4.74 Å². The summed E-state index contributed by atoms with van der Waals surface area (Å²) in [5.74, 6) is -0.381. The Morgan fingerprint density at radius 1 is 1.22 bits per heavy atom. The summed E-state index contributed by atoms with van der Waals surface area (Å²) in [7, 11) is 0. The van der Waals surface area contributed by atoms with Crippen molar-refractivity contribution >= 4 is 17.9 Å². The first kappa shape index (κ1) is 23.5. The zero-order chi connectivity index (χ0) is 23.3. The van der Waals surface area contributed by atoms with Gasteiger partial charge in [-0.15, -0.1) is 6.58 Å². The van der Waals surface area contributed by atoms with Gasteiger partial charge in [0.1, 0.15) is 0 Å². The molecule has 0 aromatic heterocycles. The molecule has 0 radical (unpaired) electrons. The number of esters is 1. The van der Waals surface area contributed by atoms with Crippen molar-refractivity contribution in [3.63, 3.8) is 0 Å². The summed E-state index contributed by atoms with van der Waals surface area (Å²) in [5, 5.41) is 3.00. The fourth-order valence-corrected chi connectivity index (χ4v) is 4.22. The van der Waals surface area contributed by atoms with Gasteiger partial charge in [0, 0.05) is 51.9 Å². The molecule has 1 N–H and O–H groups in total. The summed E-state index contributed by atoms with van der Waals surface area (Å²) in [4.78, 5) is 43.5. The molecule has 1 saturated heterocycles. The molecule has 0 spiro atoms. The molecular formula is C24H32N4O4. The van der Waals surface area contributed by atoms with E-state index in [2.05, 4.69) is 16.8 Å². The highest BCUT2D eigenvalue weighted by Gasteiger charge is 2.39. The minimum atomic E-state index is -0.600. The maximum Gasteiger partial charge on any atom is 0.338 e. The Balaban J connectivity index is 2.04. The first-order valence-electron chi connectivity index (χ1n) is 11.0. The number of rotatable bonds is 7. The van der Waals surface area contributed by atoms with Gasteiger partial charge in [-0.1, -0.05) is 30.3 Å². The number of nitrogens with zero attached hydrogens (tertiary/aromatic N) is 3. The molecule has 1 aromatic rings. The number of aryl methyl sites for hydroxylation is 1. The molecule has 3 rings (SSSR count). The minimum absolute atomic E-state index is 0.0565. The number of nitrogens with one attached hydrogen (secondary N) is 1. The predicted molar refractivity (Wildman–Crippen MR) is 122 cm³/mol. The van der Waals surface area contributed by atoms with Crippen molar-refractivity contribution in [3.8, 4) is 0 Å². The molecule has 0 saturated carbocycles. The summed E-state index contributed by atoms with van der Waals surface area (Å²) in [6, 6.07) is 6.83. The summed E-state index contributed by atoms with van der Waals surface area (Å²) >= 11 is 0. The molecule has 8 heteroatoms. The predicted octanol–water partition coefficient (Wildman–Crippen LogP) is 2.23. The van der Waals surface area contributed by atoms with Crippen molar-refractivity contribution in [2.45, 2.75) is 26.8 Å². The van der Waals surface area contributed by atoms with Crippen LogP contribution in [0.1, 0.15) is 31.0 Å². The lowest BCUT2D eigenvalue weighted by Crippen LogP contribution is -2.53. The van der Waals surface area contributed by atoms with Gasteiger partial charge < -0.3 is 15.0 Å². The van der Waals surface area contributed by atoms with E-state index in [1.165, 1.54) is 0 Å². The number of benzene rings is 1. The molecule has 8 nitrogen and oxygen atoms in total. The Morgan fingerprint density at radius 2 is 1.91 bits per heavy atom. The fraction of sp³-hybridized carbons (Fsp3) is 0.458. The van der Waals surface area contributed by atoms with Crippen molar-refractivity contribution in [3.05, 3.63) is 59.3 Å². The third kappa shape index (κ3) is 5.02. The molecule has 2 heterocycles. The van der Waals surface area contributed by atoms with E-state index in [1.54, 1.807) is 24.8 Å². The average molecular weight is 441 g/mol. The van der Waals surface area contributed by atoms with Crippen LogP contribution >= 0.6 is 0 Å². The Hall–Kier alpha value is -3.13. The molecule has 1 aromatic carbocycles. The average Bonchev–Trinajstić information content (AvgIpc) is 2.76. The fourth-order valence-electron chi connectivity index (χ4n) is 4.22. The van der Waals surface area contributed by atoms with Crippen molar-refractivity contribution in [2.75, 3.05) is 45.9 Å². The number of piperazine rings is 1. The number of urea groups is 1. The van der Waals surface area contributed by atoms with Crippen LogP contribution in [0, 0.1) is 6.92 Å². The van der Waals surface area contributed by atoms with E-state index in [0.717, 1.165) is 11.1 Å². The lowest BCUT2D eigenvalue weighted by atomic mass is 9.91. The maximum atomic E-state index is 13.2. The van der Waals surface area contributed by atoms with Gasteiger partial charge in [0.05, 0.1) is 18.2 Å². The van der Waals surface area contributed by atoms with E-state index in [1.807, 2.05) is 36.1 Å². The van der Waals surface area contributed by atoms with Gasteiger partial charge in [-0.2, -0.15) is 0 Å². The van der Waals surface area contributed by atoms with E-state index in [0.29, 0.717) is 44.0 Å². The zero-order valence-corrected chi connectivity index (χ0v) is 19.1. The number of carbonyl (C=O) groups is 3. The molecule has 172 valence electrons. The van der Waals surface area contributed by atoms with E-state index >= 15 is 0 Å². The minimum Gasteiger partial charge on any atom is -0.463 e. The number of amides is 3. The van der Waals surface area contributed by atoms with Crippen molar-refractivity contribution in [1.82, 2.24) is 20.0 Å². The highest BCUT2D eigenvalue weighted by Crippen LogP contribution is 2.33. The largest absolute Gasteiger partial charge is 0.463 e. The zero-order valence-electron chi connectivity index (χ0n) is 19.1. The molecule has 32 heavy (non-hydrogen) atoms. The maximum absolute atomic E-state index is 13.2. The van der Waals surface area contributed by atoms with Gasteiger partial charge >= 0.3 is 12.0 Å². The molecule has 3 amide bonds. The third-order valence-corrected chi connectivity index (χ3v) is 5.94. The van der Waals surface area contributed by atoms with E-state index < -0.39 is 12.0 Å². The van der Waals surface area contributed by atoms with Crippen molar-refractivity contribution in [1.29, 1.82) is 0 Å². The van der Waals surface area contributed by atoms with Crippen LogP contribution in [0.15, 0.2) is 48.2 Å². The molecule has 1 fully saturated rings. The van der Waals surface area contributed by atoms with E-state index in [9.17, 15) is 14.4 Å². The second kappa shape index (κ2) is 10.5. The molecule has 2 aliphatic heterocycles.